The third kappa shape index (κ3) is 1.93. The standard InChI is InChI=1S/C14H15N5/c1-3-19-11(2)13(8-17-18-9-15-16-10-18)12-6-4-5-7-14(12)19/h4-10H,3H2,1-2H3/b17-8-. The van der Waals surface area contributed by atoms with Gasteiger partial charge in [0, 0.05) is 28.7 Å². The zero-order valence-electron chi connectivity index (χ0n) is 11.0. The smallest absolute Gasteiger partial charge is 0.141 e. The van der Waals surface area contributed by atoms with Gasteiger partial charge in [-0.2, -0.15) is 5.10 Å². The SMILES string of the molecule is CCn1c(C)c(/C=N\n2cnnc2)c2ccccc21. The average Bonchev–Trinajstić information content (AvgIpc) is 3.02. The quantitative estimate of drug-likeness (QED) is 0.673. The largest absolute Gasteiger partial charge is 0.344 e. The maximum atomic E-state index is 4.35. The zero-order valence-corrected chi connectivity index (χ0v) is 11.0. The first-order valence-electron chi connectivity index (χ1n) is 6.28. The highest BCUT2D eigenvalue weighted by Crippen LogP contribution is 2.24. The highest BCUT2D eigenvalue weighted by molar-refractivity contribution is 6.01. The fraction of sp³-hybridized carbons (Fsp3) is 0.214. The molecular formula is C14H15N5. The van der Waals surface area contributed by atoms with Gasteiger partial charge in [0.25, 0.3) is 0 Å². The lowest BCUT2D eigenvalue weighted by Gasteiger charge is -2.03. The summed E-state index contributed by atoms with van der Waals surface area (Å²) in [7, 11) is 0. The van der Waals surface area contributed by atoms with Gasteiger partial charge in [-0.1, -0.05) is 18.2 Å². The Morgan fingerprint density at radius 2 is 1.95 bits per heavy atom. The topological polar surface area (TPSA) is 48.0 Å². The Balaban J connectivity index is 2.15. The molecule has 0 spiro atoms. The van der Waals surface area contributed by atoms with E-state index in [1.807, 2.05) is 6.21 Å². The van der Waals surface area contributed by atoms with Crippen LogP contribution in [0, 0.1) is 6.92 Å². The van der Waals surface area contributed by atoms with E-state index in [9.17, 15) is 0 Å². The van der Waals surface area contributed by atoms with Crippen molar-refractivity contribution in [1.29, 1.82) is 0 Å². The van der Waals surface area contributed by atoms with Crippen molar-refractivity contribution >= 4 is 17.1 Å². The average molecular weight is 253 g/mol. The highest BCUT2D eigenvalue weighted by Gasteiger charge is 2.10. The summed E-state index contributed by atoms with van der Waals surface area (Å²) < 4.78 is 3.89. The number of aryl methyl sites for hydroxylation is 1. The molecule has 0 saturated carbocycles. The minimum Gasteiger partial charge on any atom is -0.344 e. The van der Waals surface area contributed by atoms with Crippen LogP contribution in [-0.2, 0) is 6.54 Å². The van der Waals surface area contributed by atoms with E-state index in [-0.39, 0.29) is 0 Å². The molecule has 0 fully saturated rings. The molecule has 5 nitrogen and oxygen atoms in total. The van der Waals surface area contributed by atoms with Crippen molar-refractivity contribution in [2.24, 2.45) is 5.10 Å². The summed E-state index contributed by atoms with van der Waals surface area (Å²) in [6.07, 6.45) is 5.02. The summed E-state index contributed by atoms with van der Waals surface area (Å²) in [5.74, 6) is 0. The summed E-state index contributed by atoms with van der Waals surface area (Å²) in [5, 5.41) is 13.0. The molecule has 96 valence electrons. The van der Waals surface area contributed by atoms with Crippen LogP contribution >= 0.6 is 0 Å². The second-order valence-electron chi connectivity index (χ2n) is 4.35. The third-order valence-corrected chi connectivity index (χ3v) is 3.32. The molecule has 0 bridgehead atoms. The minimum absolute atomic E-state index is 0.951. The molecule has 0 radical (unpaired) electrons. The Kier molecular flexibility index (Phi) is 2.87. The molecular weight excluding hydrogens is 238 g/mol. The van der Waals surface area contributed by atoms with Gasteiger partial charge in [-0.05, 0) is 19.9 Å². The Labute approximate surface area is 111 Å². The van der Waals surface area contributed by atoms with Gasteiger partial charge in [-0.25, -0.2) is 4.68 Å². The van der Waals surface area contributed by atoms with Crippen LogP contribution in [0.15, 0.2) is 42.0 Å². The second-order valence-corrected chi connectivity index (χ2v) is 4.35. The molecule has 1 aromatic carbocycles. The lowest BCUT2D eigenvalue weighted by molar-refractivity contribution is 0.768. The molecule has 2 aromatic heterocycles. The molecule has 19 heavy (non-hydrogen) atoms. The molecule has 0 saturated heterocycles. The first-order chi connectivity index (χ1) is 9.31. The first-order valence-corrected chi connectivity index (χ1v) is 6.28. The molecule has 0 aliphatic heterocycles. The molecule has 0 aliphatic rings. The summed E-state index contributed by atoms with van der Waals surface area (Å²) in [6.45, 7) is 5.23. The van der Waals surface area contributed by atoms with Crippen LogP contribution in [0.2, 0.25) is 0 Å². The number of fused-ring (bicyclic) bond motifs is 1. The second kappa shape index (κ2) is 4.68. The molecule has 3 aromatic rings. The van der Waals surface area contributed by atoms with Crippen LogP contribution in [0.3, 0.4) is 0 Å². The van der Waals surface area contributed by atoms with Crippen LogP contribution in [0.5, 0.6) is 0 Å². The number of nitrogens with zero attached hydrogens (tertiary/aromatic N) is 5. The Bertz CT molecular complexity index is 722. The van der Waals surface area contributed by atoms with Gasteiger partial charge in [0.1, 0.15) is 12.7 Å². The van der Waals surface area contributed by atoms with Gasteiger partial charge < -0.3 is 4.57 Å². The number of benzene rings is 1. The fourth-order valence-electron chi connectivity index (χ4n) is 2.41. The Morgan fingerprint density at radius 3 is 2.68 bits per heavy atom. The van der Waals surface area contributed by atoms with Gasteiger partial charge in [-0.3, -0.25) is 0 Å². The molecule has 0 unspecified atom stereocenters. The van der Waals surface area contributed by atoms with E-state index in [2.05, 4.69) is 58.0 Å². The minimum atomic E-state index is 0.951. The van der Waals surface area contributed by atoms with E-state index >= 15 is 0 Å². The monoisotopic (exact) mass is 253 g/mol. The van der Waals surface area contributed by atoms with Gasteiger partial charge in [0.15, 0.2) is 0 Å². The summed E-state index contributed by atoms with van der Waals surface area (Å²) in [4.78, 5) is 0. The molecule has 0 atom stereocenters. The first kappa shape index (κ1) is 11.6. The van der Waals surface area contributed by atoms with Crippen LogP contribution in [0.4, 0.5) is 0 Å². The maximum absolute atomic E-state index is 4.35. The predicted molar refractivity (Wildman–Crippen MR) is 75.4 cm³/mol. The molecule has 5 heteroatoms. The molecule has 0 aliphatic carbocycles. The molecule has 0 amide bonds. The predicted octanol–water partition coefficient (Wildman–Crippen LogP) is 2.44. The van der Waals surface area contributed by atoms with Crippen molar-refractivity contribution in [3.8, 4) is 0 Å². The maximum Gasteiger partial charge on any atom is 0.141 e. The van der Waals surface area contributed by atoms with Gasteiger partial charge in [0.2, 0.25) is 0 Å². The van der Waals surface area contributed by atoms with Crippen LogP contribution in [-0.4, -0.2) is 25.7 Å². The Hall–Kier alpha value is -2.43. The number of para-hydroxylation sites is 1. The number of rotatable bonds is 3. The van der Waals surface area contributed by atoms with E-state index < -0.39 is 0 Å². The van der Waals surface area contributed by atoms with Crippen molar-refractivity contribution < 1.29 is 0 Å². The van der Waals surface area contributed by atoms with Crippen LogP contribution in [0.1, 0.15) is 18.2 Å². The number of hydrogen-bond acceptors (Lipinski definition) is 3. The normalized spacial score (nSPS) is 11.7. The van der Waals surface area contributed by atoms with E-state index in [1.54, 1.807) is 17.3 Å². The number of hydrogen-bond donors (Lipinski definition) is 0. The fourth-order valence-corrected chi connectivity index (χ4v) is 2.41. The van der Waals surface area contributed by atoms with E-state index in [4.69, 9.17) is 0 Å². The molecule has 2 heterocycles. The van der Waals surface area contributed by atoms with Crippen molar-refractivity contribution in [3.63, 3.8) is 0 Å². The lowest BCUT2D eigenvalue weighted by atomic mass is 10.1. The van der Waals surface area contributed by atoms with Gasteiger partial charge in [0.05, 0.1) is 6.21 Å². The van der Waals surface area contributed by atoms with Crippen molar-refractivity contribution in [1.82, 2.24) is 19.4 Å². The van der Waals surface area contributed by atoms with E-state index in [0.29, 0.717) is 0 Å². The molecule has 3 rings (SSSR count). The summed E-state index contributed by atoms with van der Waals surface area (Å²) >= 11 is 0. The number of aromatic nitrogens is 4. The van der Waals surface area contributed by atoms with Gasteiger partial charge in [-0.15, -0.1) is 10.2 Å². The van der Waals surface area contributed by atoms with Crippen LogP contribution in [0.25, 0.3) is 10.9 Å². The third-order valence-electron chi connectivity index (χ3n) is 3.32. The highest BCUT2D eigenvalue weighted by atomic mass is 15.4. The zero-order chi connectivity index (χ0) is 13.2. The van der Waals surface area contributed by atoms with Crippen molar-refractivity contribution in [2.75, 3.05) is 0 Å². The summed E-state index contributed by atoms with van der Waals surface area (Å²) in [6, 6.07) is 8.39. The van der Waals surface area contributed by atoms with E-state index in [0.717, 1.165) is 12.1 Å². The lowest BCUT2D eigenvalue weighted by Crippen LogP contribution is -1.97. The van der Waals surface area contributed by atoms with E-state index in [1.165, 1.54) is 16.6 Å². The van der Waals surface area contributed by atoms with Crippen LogP contribution < -0.4 is 0 Å². The van der Waals surface area contributed by atoms with Gasteiger partial charge >= 0.3 is 0 Å². The van der Waals surface area contributed by atoms with Crippen molar-refractivity contribution in [2.45, 2.75) is 20.4 Å². The van der Waals surface area contributed by atoms with Crippen molar-refractivity contribution in [3.05, 3.63) is 48.2 Å². The Morgan fingerprint density at radius 1 is 1.21 bits per heavy atom. The molecule has 0 N–H and O–H groups in total. The summed E-state index contributed by atoms with van der Waals surface area (Å²) in [5.41, 5.74) is 3.61.